The molecule has 2 heterocycles. The number of nitrogens with zero attached hydrogens (tertiary/aromatic N) is 3. The van der Waals surface area contributed by atoms with Gasteiger partial charge in [-0.25, -0.2) is 5.53 Å². The predicted molar refractivity (Wildman–Crippen MR) is 121 cm³/mol. The van der Waals surface area contributed by atoms with Crippen LogP contribution in [0.5, 0.6) is 0 Å². The average Bonchev–Trinajstić information content (AvgIpc) is 2.77. The summed E-state index contributed by atoms with van der Waals surface area (Å²) in [5.74, 6) is 0. The van der Waals surface area contributed by atoms with Crippen molar-refractivity contribution in [1.29, 1.82) is 5.53 Å². The second-order valence-electron chi connectivity index (χ2n) is 8.79. The number of anilines is 3. The van der Waals surface area contributed by atoms with Crippen LogP contribution in [-0.2, 0) is 0 Å². The van der Waals surface area contributed by atoms with E-state index >= 15 is 0 Å². The minimum absolute atomic E-state index is 0.0990. The topological polar surface area (TPSA) is 78.8 Å². The van der Waals surface area contributed by atoms with Gasteiger partial charge in [-0.2, -0.15) is 5.11 Å². The lowest BCUT2D eigenvalue weighted by Crippen LogP contribution is -2.70. The van der Waals surface area contributed by atoms with Gasteiger partial charge < -0.3 is 16.0 Å². The molecule has 0 amide bonds. The van der Waals surface area contributed by atoms with E-state index < -0.39 is 0 Å². The van der Waals surface area contributed by atoms with Crippen molar-refractivity contribution in [2.24, 2.45) is 5.11 Å². The van der Waals surface area contributed by atoms with Crippen LogP contribution in [0.25, 0.3) is 0 Å². The standard InChI is InChI=1S/C23H31N7/c1-17-7-2-3-8-18(17)27-22(28-24)30-14-13-29(16-23(30)11-6-12-23)21-15-25-19-9-4-5-10-20(19)26-21/h2-5,7-10,21-22,24-27H,6,11-16H2,1H3. The number of benzene rings is 2. The molecule has 2 aromatic rings. The fraction of sp³-hybridized carbons (Fsp3) is 0.478. The van der Waals surface area contributed by atoms with Crippen molar-refractivity contribution in [1.82, 2.24) is 9.80 Å². The zero-order valence-electron chi connectivity index (χ0n) is 17.6. The third kappa shape index (κ3) is 3.42. The molecule has 2 fully saturated rings. The quantitative estimate of drug-likeness (QED) is 0.563. The highest BCUT2D eigenvalue weighted by Gasteiger charge is 2.50. The zero-order chi connectivity index (χ0) is 20.6. The monoisotopic (exact) mass is 405 g/mol. The van der Waals surface area contributed by atoms with Crippen LogP contribution in [0.4, 0.5) is 17.1 Å². The number of hydrogen-bond donors (Lipinski definition) is 4. The van der Waals surface area contributed by atoms with E-state index in [2.05, 4.69) is 74.2 Å². The van der Waals surface area contributed by atoms with E-state index in [1.807, 2.05) is 12.1 Å². The highest BCUT2D eigenvalue weighted by molar-refractivity contribution is 5.70. The molecule has 0 radical (unpaired) electrons. The Labute approximate surface area is 178 Å². The summed E-state index contributed by atoms with van der Waals surface area (Å²) in [5.41, 5.74) is 12.6. The van der Waals surface area contributed by atoms with Gasteiger partial charge in [0.15, 0.2) is 6.29 Å². The third-order valence-electron chi connectivity index (χ3n) is 7.04. The number of aryl methyl sites for hydroxylation is 1. The maximum atomic E-state index is 7.90. The Bertz CT molecular complexity index is 910. The van der Waals surface area contributed by atoms with Crippen molar-refractivity contribution in [3.05, 3.63) is 54.1 Å². The Morgan fingerprint density at radius 3 is 2.60 bits per heavy atom. The van der Waals surface area contributed by atoms with E-state index in [0.717, 1.165) is 31.9 Å². The van der Waals surface area contributed by atoms with Crippen LogP contribution in [0.15, 0.2) is 53.6 Å². The van der Waals surface area contributed by atoms with Gasteiger partial charge in [-0.1, -0.05) is 30.3 Å². The van der Waals surface area contributed by atoms with Crippen molar-refractivity contribution in [3.8, 4) is 0 Å². The van der Waals surface area contributed by atoms with Crippen molar-refractivity contribution in [2.75, 3.05) is 42.1 Å². The van der Waals surface area contributed by atoms with Gasteiger partial charge >= 0.3 is 0 Å². The first kappa shape index (κ1) is 19.3. The Kier molecular flexibility index (Phi) is 5.08. The van der Waals surface area contributed by atoms with Crippen molar-refractivity contribution >= 4 is 17.1 Å². The van der Waals surface area contributed by atoms with Gasteiger partial charge in [0.25, 0.3) is 0 Å². The molecule has 2 unspecified atom stereocenters. The second-order valence-corrected chi connectivity index (χ2v) is 8.79. The normalized spacial score (nSPS) is 24.1. The SMILES string of the molecule is Cc1ccccc1NC(N=N)N1CCN(C2CNc3ccccc3N2)CC12CCC2. The molecule has 158 valence electrons. The molecule has 1 spiro atoms. The Morgan fingerprint density at radius 2 is 1.87 bits per heavy atom. The largest absolute Gasteiger partial charge is 0.380 e. The van der Waals surface area contributed by atoms with E-state index in [9.17, 15) is 0 Å². The van der Waals surface area contributed by atoms with E-state index in [1.165, 1.54) is 36.2 Å². The lowest BCUT2D eigenvalue weighted by atomic mass is 9.73. The van der Waals surface area contributed by atoms with Crippen LogP contribution in [0.1, 0.15) is 24.8 Å². The number of rotatable bonds is 5. The smallest absolute Gasteiger partial charge is 0.196 e. The molecule has 3 aliphatic rings. The Balaban J connectivity index is 1.31. The molecule has 2 aliphatic heterocycles. The van der Waals surface area contributed by atoms with Crippen LogP contribution >= 0.6 is 0 Å². The maximum Gasteiger partial charge on any atom is 0.196 e. The summed E-state index contributed by atoms with van der Waals surface area (Å²) < 4.78 is 0. The van der Waals surface area contributed by atoms with Crippen LogP contribution in [-0.4, -0.2) is 54.0 Å². The highest BCUT2D eigenvalue weighted by Crippen LogP contribution is 2.42. The van der Waals surface area contributed by atoms with Gasteiger partial charge in [0.2, 0.25) is 0 Å². The summed E-state index contributed by atoms with van der Waals surface area (Å²) >= 11 is 0. The van der Waals surface area contributed by atoms with Crippen LogP contribution in [0, 0.1) is 12.5 Å². The minimum Gasteiger partial charge on any atom is -0.380 e. The van der Waals surface area contributed by atoms with Crippen molar-refractivity contribution < 1.29 is 0 Å². The summed E-state index contributed by atoms with van der Waals surface area (Å²) in [4.78, 5) is 5.02. The molecular weight excluding hydrogens is 374 g/mol. The molecule has 1 saturated carbocycles. The second kappa shape index (κ2) is 7.89. The predicted octanol–water partition coefficient (Wildman–Crippen LogP) is 4.13. The van der Waals surface area contributed by atoms with Crippen molar-refractivity contribution in [3.63, 3.8) is 0 Å². The molecular formula is C23H31N7. The van der Waals surface area contributed by atoms with Gasteiger partial charge in [0.1, 0.15) is 0 Å². The summed E-state index contributed by atoms with van der Waals surface area (Å²) in [5, 5.41) is 14.8. The van der Waals surface area contributed by atoms with Gasteiger partial charge in [-0.15, -0.1) is 0 Å². The molecule has 7 nitrogen and oxygen atoms in total. The number of nitrogens with one attached hydrogen (secondary N) is 4. The molecule has 0 bridgehead atoms. The Hall–Kier alpha value is -2.64. The third-order valence-corrected chi connectivity index (χ3v) is 7.04. The lowest BCUT2D eigenvalue weighted by molar-refractivity contribution is -0.0788. The minimum atomic E-state index is -0.313. The van der Waals surface area contributed by atoms with E-state index in [4.69, 9.17) is 5.53 Å². The maximum absolute atomic E-state index is 7.90. The number of piperazine rings is 1. The molecule has 7 heteroatoms. The fourth-order valence-corrected chi connectivity index (χ4v) is 5.17. The molecule has 1 aliphatic carbocycles. The van der Waals surface area contributed by atoms with Gasteiger partial charge in [0, 0.05) is 37.4 Å². The first-order valence-corrected chi connectivity index (χ1v) is 11.0. The summed E-state index contributed by atoms with van der Waals surface area (Å²) in [6.07, 6.45) is 3.56. The molecule has 0 aromatic heterocycles. The van der Waals surface area contributed by atoms with Gasteiger partial charge in [-0.05, 0) is 49.9 Å². The van der Waals surface area contributed by atoms with E-state index in [1.54, 1.807) is 0 Å². The van der Waals surface area contributed by atoms with Gasteiger partial charge in [-0.3, -0.25) is 9.80 Å². The number of para-hydroxylation sites is 3. The fourth-order valence-electron chi connectivity index (χ4n) is 5.17. The zero-order valence-corrected chi connectivity index (χ0v) is 17.6. The van der Waals surface area contributed by atoms with E-state index in [-0.39, 0.29) is 18.0 Å². The Morgan fingerprint density at radius 1 is 1.10 bits per heavy atom. The van der Waals surface area contributed by atoms with Crippen LogP contribution in [0.2, 0.25) is 0 Å². The van der Waals surface area contributed by atoms with Crippen molar-refractivity contribution in [2.45, 2.75) is 44.2 Å². The lowest BCUT2D eigenvalue weighted by Gasteiger charge is -2.58. The molecule has 1 saturated heterocycles. The summed E-state index contributed by atoms with van der Waals surface area (Å²) in [6, 6.07) is 16.7. The number of hydrogen-bond acceptors (Lipinski definition) is 7. The molecule has 4 N–H and O–H groups in total. The average molecular weight is 406 g/mol. The highest BCUT2D eigenvalue weighted by atomic mass is 15.5. The first-order chi connectivity index (χ1) is 14.7. The molecule has 30 heavy (non-hydrogen) atoms. The number of fused-ring (bicyclic) bond motifs is 1. The molecule has 2 atom stereocenters. The molecule has 2 aromatic carbocycles. The first-order valence-electron chi connectivity index (χ1n) is 11.0. The van der Waals surface area contributed by atoms with Gasteiger partial charge in [0.05, 0.1) is 17.5 Å². The van der Waals surface area contributed by atoms with Crippen LogP contribution in [0.3, 0.4) is 0 Å². The van der Waals surface area contributed by atoms with Crippen LogP contribution < -0.4 is 16.0 Å². The van der Waals surface area contributed by atoms with E-state index in [0.29, 0.717) is 0 Å². The summed E-state index contributed by atoms with van der Waals surface area (Å²) in [6.45, 7) is 5.88. The molecule has 5 rings (SSSR count). The summed E-state index contributed by atoms with van der Waals surface area (Å²) in [7, 11) is 0.